The highest BCUT2D eigenvalue weighted by Crippen LogP contribution is 2.25. The van der Waals surface area contributed by atoms with Gasteiger partial charge in [-0.3, -0.25) is 15.4 Å². The summed E-state index contributed by atoms with van der Waals surface area (Å²) >= 11 is 0. The molecular formula is C23H26N6O2. The molecule has 1 saturated heterocycles. The molecule has 31 heavy (non-hydrogen) atoms. The Morgan fingerprint density at radius 2 is 1.94 bits per heavy atom. The lowest BCUT2D eigenvalue weighted by atomic mass is 10.1. The number of rotatable bonds is 5. The van der Waals surface area contributed by atoms with E-state index in [0.717, 1.165) is 17.5 Å². The Morgan fingerprint density at radius 3 is 2.68 bits per heavy atom. The second-order valence-electron chi connectivity index (χ2n) is 7.62. The fourth-order valence-corrected chi connectivity index (χ4v) is 3.59. The van der Waals surface area contributed by atoms with Gasteiger partial charge in [0.15, 0.2) is 6.29 Å². The van der Waals surface area contributed by atoms with Gasteiger partial charge in [-0.1, -0.05) is 49.4 Å². The summed E-state index contributed by atoms with van der Waals surface area (Å²) in [5.74, 6) is 0.418. The van der Waals surface area contributed by atoms with Gasteiger partial charge in [0.1, 0.15) is 5.82 Å². The monoisotopic (exact) mass is 418 g/mol. The highest BCUT2D eigenvalue weighted by atomic mass is 16.2. The van der Waals surface area contributed by atoms with Crippen LogP contribution >= 0.6 is 0 Å². The Hall–Kier alpha value is -3.65. The van der Waals surface area contributed by atoms with Crippen LogP contribution in [0.5, 0.6) is 0 Å². The van der Waals surface area contributed by atoms with E-state index < -0.39 is 6.29 Å². The molecule has 2 atom stereocenters. The molecule has 8 heteroatoms. The first-order valence-electron chi connectivity index (χ1n) is 10.4. The second-order valence-corrected chi connectivity index (χ2v) is 7.62. The van der Waals surface area contributed by atoms with Gasteiger partial charge in [0.2, 0.25) is 5.91 Å². The van der Waals surface area contributed by atoms with E-state index in [1.165, 1.54) is 0 Å². The van der Waals surface area contributed by atoms with Gasteiger partial charge in [0.25, 0.3) is 0 Å². The van der Waals surface area contributed by atoms with E-state index in [1.807, 2.05) is 68.4 Å². The normalized spacial score (nSPS) is 18.3. The Bertz CT molecular complexity index is 1080. The first-order chi connectivity index (χ1) is 15.0. The Labute approximate surface area is 181 Å². The smallest absolute Gasteiger partial charge is 0.322 e. The fourth-order valence-electron chi connectivity index (χ4n) is 3.59. The Kier molecular flexibility index (Phi) is 5.99. The first-order valence-corrected chi connectivity index (χ1v) is 10.4. The van der Waals surface area contributed by atoms with Gasteiger partial charge < -0.3 is 10.6 Å². The van der Waals surface area contributed by atoms with Crippen molar-refractivity contribution < 1.29 is 9.59 Å². The van der Waals surface area contributed by atoms with Crippen LogP contribution < -0.4 is 21.3 Å². The van der Waals surface area contributed by atoms with Crippen molar-refractivity contribution in [2.24, 2.45) is 0 Å². The van der Waals surface area contributed by atoms with Gasteiger partial charge in [-0.25, -0.2) is 9.48 Å². The summed E-state index contributed by atoms with van der Waals surface area (Å²) in [5, 5.41) is 16.7. The van der Waals surface area contributed by atoms with Crippen LogP contribution in [0, 0.1) is 6.92 Å². The Balaban J connectivity index is 1.62. The topological polar surface area (TPSA) is 100 Å². The molecule has 3 aromatic rings. The van der Waals surface area contributed by atoms with Crippen molar-refractivity contribution >= 4 is 23.4 Å². The van der Waals surface area contributed by atoms with Crippen molar-refractivity contribution in [3.63, 3.8) is 0 Å². The van der Waals surface area contributed by atoms with Crippen molar-refractivity contribution in [2.45, 2.75) is 39.0 Å². The van der Waals surface area contributed by atoms with Crippen LogP contribution in [0.4, 0.5) is 16.3 Å². The van der Waals surface area contributed by atoms with E-state index in [1.54, 1.807) is 10.7 Å². The fraction of sp³-hybridized carbons (Fsp3) is 0.261. The number of amides is 3. The molecule has 3 amide bonds. The second kappa shape index (κ2) is 9.01. The van der Waals surface area contributed by atoms with E-state index in [-0.39, 0.29) is 18.0 Å². The molecule has 4 N–H and O–H groups in total. The van der Waals surface area contributed by atoms with Crippen LogP contribution in [0.3, 0.4) is 0 Å². The number of carbonyl (C=O) groups is 2. The molecule has 0 bridgehead atoms. The highest BCUT2D eigenvalue weighted by Gasteiger charge is 2.28. The van der Waals surface area contributed by atoms with Gasteiger partial charge in [0, 0.05) is 29.8 Å². The van der Waals surface area contributed by atoms with Crippen LogP contribution in [-0.4, -0.2) is 27.8 Å². The van der Waals surface area contributed by atoms with E-state index in [4.69, 9.17) is 0 Å². The number of aromatic nitrogens is 2. The van der Waals surface area contributed by atoms with Gasteiger partial charge in [0.05, 0.1) is 5.69 Å². The quantitative estimate of drug-likeness (QED) is 0.506. The van der Waals surface area contributed by atoms with Crippen molar-refractivity contribution in [1.29, 1.82) is 0 Å². The van der Waals surface area contributed by atoms with E-state index in [2.05, 4.69) is 26.4 Å². The molecule has 1 fully saturated rings. The lowest BCUT2D eigenvalue weighted by molar-refractivity contribution is -0.125. The predicted molar refractivity (Wildman–Crippen MR) is 120 cm³/mol. The summed E-state index contributed by atoms with van der Waals surface area (Å²) in [7, 11) is 0. The van der Waals surface area contributed by atoms with Crippen molar-refractivity contribution in [3.8, 4) is 11.3 Å². The van der Waals surface area contributed by atoms with Gasteiger partial charge in [-0.2, -0.15) is 5.10 Å². The molecule has 0 radical (unpaired) electrons. The summed E-state index contributed by atoms with van der Waals surface area (Å²) in [5.41, 5.74) is 3.36. The predicted octanol–water partition coefficient (Wildman–Crippen LogP) is 3.85. The third-order valence-electron chi connectivity index (χ3n) is 5.18. The molecule has 2 heterocycles. The first kappa shape index (κ1) is 20.6. The minimum atomic E-state index is -0.557. The zero-order valence-corrected chi connectivity index (χ0v) is 17.6. The van der Waals surface area contributed by atoms with Crippen LogP contribution in [0.2, 0.25) is 0 Å². The summed E-state index contributed by atoms with van der Waals surface area (Å²) in [6.07, 6.45) is 0.668. The van der Waals surface area contributed by atoms with Crippen LogP contribution in [0.1, 0.15) is 31.6 Å². The maximum atomic E-state index is 12.7. The average Bonchev–Trinajstić information content (AvgIpc) is 3.17. The highest BCUT2D eigenvalue weighted by molar-refractivity contribution is 5.99. The Morgan fingerprint density at radius 1 is 1.13 bits per heavy atom. The summed E-state index contributed by atoms with van der Waals surface area (Å²) < 4.78 is 1.61. The minimum absolute atomic E-state index is 0.0390. The van der Waals surface area contributed by atoms with Gasteiger partial charge in [-0.05, 0) is 31.0 Å². The number of nitrogens with one attached hydrogen (secondary N) is 4. The minimum Gasteiger partial charge on any atom is -0.322 e. The number of aryl methyl sites for hydroxylation is 1. The number of nitrogens with zero attached hydrogens (tertiary/aromatic N) is 2. The molecular weight excluding hydrogens is 392 g/mol. The summed E-state index contributed by atoms with van der Waals surface area (Å²) in [6, 6.07) is 18.7. The number of carbonyl (C=O) groups excluding carboxylic acids is 2. The third-order valence-corrected chi connectivity index (χ3v) is 5.18. The average molecular weight is 419 g/mol. The zero-order valence-electron chi connectivity index (χ0n) is 17.6. The van der Waals surface area contributed by atoms with E-state index >= 15 is 0 Å². The lowest BCUT2D eigenvalue weighted by Gasteiger charge is -2.31. The molecule has 8 nitrogen and oxygen atoms in total. The molecule has 2 aromatic carbocycles. The number of hydrogen-bond acceptors (Lipinski definition) is 4. The molecule has 1 aromatic heterocycles. The van der Waals surface area contributed by atoms with Crippen LogP contribution in [-0.2, 0) is 4.79 Å². The van der Waals surface area contributed by atoms with E-state index in [9.17, 15) is 9.59 Å². The van der Waals surface area contributed by atoms with Gasteiger partial charge >= 0.3 is 6.03 Å². The van der Waals surface area contributed by atoms with Crippen molar-refractivity contribution in [1.82, 2.24) is 20.4 Å². The number of benzene rings is 2. The summed E-state index contributed by atoms with van der Waals surface area (Å²) in [4.78, 5) is 24.9. The van der Waals surface area contributed by atoms with Crippen molar-refractivity contribution in [2.75, 3.05) is 10.6 Å². The number of hydrogen-bond donors (Lipinski definition) is 4. The number of anilines is 2. The molecule has 0 spiro atoms. The molecule has 160 valence electrons. The van der Waals surface area contributed by atoms with Crippen molar-refractivity contribution in [3.05, 3.63) is 66.2 Å². The zero-order chi connectivity index (χ0) is 21.8. The standard InChI is InChI=1S/C23H26N6O2/c1-3-17-13-21(30)27-22(24-17)29-20(14-19(28-29)16-9-5-4-6-10-16)26-23(31)25-18-11-7-8-15(2)12-18/h4-12,14,17,22,24H,3,13H2,1-2H3,(H,27,30)(H2,25,26,31). The molecule has 0 saturated carbocycles. The molecule has 4 rings (SSSR count). The SMILES string of the molecule is CCC1CC(=O)NC(n2nc(-c3ccccc3)cc2NC(=O)Nc2cccc(C)c2)N1. The molecule has 1 aliphatic rings. The van der Waals surface area contributed by atoms with Gasteiger partial charge in [-0.15, -0.1) is 0 Å². The summed E-state index contributed by atoms with van der Waals surface area (Å²) in [6.45, 7) is 3.99. The third kappa shape index (κ3) is 4.92. The maximum Gasteiger partial charge on any atom is 0.324 e. The molecule has 1 aliphatic heterocycles. The van der Waals surface area contributed by atoms with Crippen LogP contribution in [0.25, 0.3) is 11.3 Å². The molecule has 0 aliphatic carbocycles. The number of urea groups is 1. The molecule has 2 unspecified atom stereocenters. The maximum absolute atomic E-state index is 12.7. The van der Waals surface area contributed by atoms with Crippen LogP contribution in [0.15, 0.2) is 60.7 Å². The largest absolute Gasteiger partial charge is 0.324 e. The lowest BCUT2D eigenvalue weighted by Crippen LogP contribution is -2.53. The van der Waals surface area contributed by atoms with E-state index in [0.29, 0.717) is 23.6 Å².